The van der Waals surface area contributed by atoms with Crippen molar-refractivity contribution in [3.63, 3.8) is 0 Å². The number of aromatic amines is 2. The summed E-state index contributed by atoms with van der Waals surface area (Å²) in [5, 5.41) is 7.65. The maximum atomic E-state index is 13.4. The van der Waals surface area contributed by atoms with Gasteiger partial charge in [0.15, 0.2) is 0 Å². The number of nitrogens with zero attached hydrogens (tertiary/aromatic N) is 2. The molecule has 0 aliphatic carbocycles. The van der Waals surface area contributed by atoms with Gasteiger partial charge in [0.25, 0.3) is 5.82 Å². The minimum atomic E-state index is -0.257. The maximum Gasteiger partial charge on any atom is 0.293 e. The second kappa shape index (κ2) is 6.21. The van der Waals surface area contributed by atoms with Crippen molar-refractivity contribution in [2.45, 2.75) is 0 Å². The summed E-state index contributed by atoms with van der Waals surface area (Å²) in [6, 6.07) is 26.6. The van der Waals surface area contributed by atoms with E-state index in [0.29, 0.717) is 0 Å². The van der Waals surface area contributed by atoms with Crippen molar-refractivity contribution in [1.29, 1.82) is 0 Å². The lowest BCUT2D eigenvalue weighted by molar-refractivity contribution is -0.558. The van der Waals surface area contributed by atoms with Crippen LogP contribution in [0.15, 0.2) is 84.9 Å². The zero-order valence-corrected chi connectivity index (χ0v) is 14.4. The zero-order valence-electron chi connectivity index (χ0n) is 14.4. The van der Waals surface area contributed by atoms with Crippen LogP contribution in [-0.4, -0.2) is 15.2 Å². The van der Waals surface area contributed by atoms with Gasteiger partial charge in [-0.05, 0) is 41.5 Å². The van der Waals surface area contributed by atoms with Gasteiger partial charge in [-0.25, -0.2) is 9.49 Å². The van der Waals surface area contributed by atoms with Crippen LogP contribution < -0.4 is 4.57 Å². The predicted octanol–water partition coefficient (Wildman–Crippen LogP) is 4.64. The fourth-order valence-corrected chi connectivity index (χ4v) is 3.32. The molecular formula is C22H16FN4+. The van der Waals surface area contributed by atoms with Crippen molar-refractivity contribution < 1.29 is 8.96 Å². The molecule has 130 valence electrons. The molecule has 5 rings (SSSR count). The summed E-state index contributed by atoms with van der Waals surface area (Å²) in [6.07, 6.45) is 0. The Morgan fingerprint density at radius 3 is 2.33 bits per heavy atom. The Balaban J connectivity index is 1.72. The van der Waals surface area contributed by atoms with Crippen LogP contribution in [0, 0.1) is 5.82 Å². The van der Waals surface area contributed by atoms with E-state index in [-0.39, 0.29) is 5.82 Å². The van der Waals surface area contributed by atoms with Crippen LogP contribution >= 0.6 is 0 Å². The number of imidazole rings is 1. The van der Waals surface area contributed by atoms with Gasteiger partial charge in [-0.15, -0.1) is 0 Å². The van der Waals surface area contributed by atoms with Gasteiger partial charge in [-0.2, -0.15) is 4.57 Å². The average molecular weight is 355 g/mol. The van der Waals surface area contributed by atoms with E-state index in [1.54, 1.807) is 12.1 Å². The van der Waals surface area contributed by atoms with Crippen molar-refractivity contribution in [3.05, 3.63) is 90.7 Å². The first kappa shape index (κ1) is 15.5. The minimum absolute atomic E-state index is 0.257. The van der Waals surface area contributed by atoms with Crippen LogP contribution in [0.4, 0.5) is 4.39 Å². The summed E-state index contributed by atoms with van der Waals surface area (Å²) >= 11 is 0. The van der Waals surface area contributed by atoms with Crippen molar-refractivity contribution in [1.82, 2.24) is 15.2 Å². The van der Waals surface area contributed by atoms with Crippen molar-refractivity contribution in [3.8, 4) is 28.5 Å². The molecule has 0 saturated carbocycles. The summed E-state index contributed by atoms with van der Waals surface area (Å²) in [5.74, 6) is 1.36. The van der Waals surface area contributed by atoms with Gasteiger partial charge in [-0.1, -0.05) is 42.5 Å². The molecule has 0 aliphatic rings. The molecule has 0 amide bonds. The zero-order chi connectivity index (χ0) is 18.2. The third-order valence-corrected chi connectivity index (χ3v) is 4.62. The van der Waals surface area contributed by atoms with Crippen LogP contribution in [-0.2, 0) is 0 Å². The van der Waals surface area contributed by atoms with E-state index in [2.05, 4.69) is 15.2 Å². The third kappa shape index (κ3) is 2.69. The molecule has 0 atom stereocenters. The number of nitrogens with one attached hydrogen (secondary N) is 2. The number of hydrogen-bond donors (Lipinski definition) is 2. The van der Waals surface area contributed by atoms with E-state index in [9.17, 15) is 4.39 Å². The van der Waals surface area contributed by atoms with Crippen molar-refractivity contribution >= 4 is 11.0 Å². The Labute approximate surface area is 154 Å². The van der Waals surface area contributed by atoms with Gasteiger partial charge in [0.2, 0.25) is 5.82 Å². The molecule has 2 aromatic heterocycles. The number of benzene rings is 3. The summed E-state index contributed by atoms with van der Waals surface area (Å²) in [6.45, 7) is 0. The van der Waals surface area contributed by atoms with Gasteiger partial charge in [0.1, 0.15) is 16.9 Å². The SMILES string of the molecule is Fc1ccc(-c2[nH]c3ccccc3[n+]2-c2cc(-c3ccccc3)[nH]n2)cc1. The van der Waals surface area contributed by atoms with Gasteiger partial charge in [0.05, 0.1) is 5.69 Å². The molecule has 3 aromatic carbocycles. The molecule has 4 nitrogen and oxygen atoms in total. The van der Waals surface area contributed by atoms with E-state index in [1.165, 1.54) is 12.1 Å². The van der Waals surface area contributed by atoms with Crippen LogP contribution in [0.5, 0.6) is 0 Å². The second-order valence-electron chi connectivity index (χ2n) is 6.34. The average Bonchev–Trinajstić information content (AvgIpc) is 3.34. The van der Waals surface area contributed by atoms with E-state index >= 15 is 0 Å². The Hall–Kier alpha value is -3.73. The van der Waals surface area contributed by atoms with E-state index in [4.69, 9.17) is 0 Å². The highest BCUT2D eigenvalue weighted by Crippen LogP contribution is 2.23. The Kier molecular flexibility index (Phi) is 3.57. The molecule has 27 heavy (non-hydrogen) atoms. The fourth-order valence-electron chi connectivity index (χ4n) is 3.32. The Morgan fingerprint density at radius 2 is 1.52 bits per heavy atom. The molecule has 0 radical (unpaired) electrons. The number of halogens is 1. The highest BCUT2D eigenvalue weighted by Gasteiger charge is 2.23. The molecule has 0 saturated heterocycles. The molecule has 5 heteroatoms. The maximum absolute atomic E-state index is 13.4. The van der Waals surface area contributed by atoms with Crippen LogP contribution in [0.3, 0.4) is 0 Å². The Morgan fingerprint density at radius 1 is 0.778 bits per heavy atom. The minimum Gasteiger partial charge on any atom is -0.269 e. The van der Waals surface area contributed by atoms with Crippen molar-refractivity contribution in [2.24, 2.45) is 0 Å². The lowest BCUT2D eigenvalue weighted by Gasteiger charge is -1.99. The molecule has 0 spiro atoms. The number of para-hydroxylation sites is 2. The van der Waals surface area contributed by atoms with Gasteiger partial charge in [0, 0.05) is 17.2 Å². The van der Waals surface area contributed by atoms with Crippen LogP contribution in [0.25, 0.3) is 39.5 Å². The first-order valence-electron chi connectivity index (χ1n) is 8.69. The number of aromatic nitrogens is 4. The third-order valence-electron chi connectivity index (χ3n) is 4.62. The molecule has 0 aliphatic heterocycles. The lowest BCUT2D eigenvalue weighted by Crippen LogP contribution is -2.32. The summed E-state index contributed by atoms with van der Waals surface area (Å²) < 4.78 is 15.4. The largest absolute Gasteiger partial charge is 0.293 e. The van der Waals surface area contributed by atoms with E-state index in [1.807, 2.05) is 65.2 Å². The van der Waals surface area contributed by atoms with Crippen LogP contribution in [0.2, 0.25) is 0 Å². The highest BCUT2D eigenvalue weighted by atomic mass is 19.1. The molecule has 0 fully saturated rings. The number of fused-ring (bicyclic) bond motifs is 1. The van der Waals surface area contributed by atoms with E-state index < -0.39 is 0 Å². The normalized spacial score (nSPS) is 11.1. The number of rotatable bonds is 3. The van der Waals surface area contributed by atoms with Crippen molar-refractivity contribution in [2.75, 3.05) is 0 Å². The lowest BCUT2D eigenvalue weighted by atomic mass is 10.1. The molecule has 2 N–H and O–H groups in total. The fraction of sp³-hybridized carbons (Fsp3) is 0. The first-order valence-corrected chi connectivity index (χ1v) is 8.69. The predicted molar refractivity (Wildman–Crippen MR) is 103 cm³/mol. The summed E-state index contributed by atoms with van der Waals surface area (Å²) in [5.41, 5.74) is 4.88. The number of H-pyrrole nitrogens is 2. The second-order valence-corrected chi connectivity index (χ2v) is 6.34. The topological polar surface area (TPSA) is 48.3 Å². The smallest absolute Gasteiger partial charge is 0.269 e. The van der Waals surface area contributed by atoms with Gasteiger partial charge < -0.3 is 0 Å². The highest BCUT2D eigenvalue weighted by molar-refractivity contribution is 5.75. The Bertz CT molecular complexity index is 1220. The van der Waals surface area contributed by atoms with Crippen LogP contribution in [0.1, 0.15) is 0 Å². The molecular weight excluding hydrogens is 339 g/mol. The quantitative estimate of drug-likeness (QED) is 0.455. The summed E-state index contributed by atoms with van der Waals surface area (Å²) in [7, 11) is 0. The first-order chi connectivity index (χ1) is 13.3. The number of hydrogen-bond acceptors (Lipinski definition) is 1. The molecule has 0 bridgehead atoms. The monoisotopic (exact) mass is 355 g/mol. The van der Waals surface area contributed by atoms with E-state index in [0.717, 1.165) is 39.5 Å². The van der Waals surface area contributed by atoms with Gasteiger partial charge in [-0.3, -0.25) is 4.98 Å². The van der Waals surface area contributed by atoms with Gasteiger partial charge >= 0.3 is 0 Å². The molecule has 0 unspecified atom stereocenters. The molecule has 2 heterocycles. The summed E-state index contributed by atoms with van der Waals surface area (Å²) in [4.78, 5) is 3.43. The standard InChI is InChI=1S/C22H15FN4/c23-17-12-10-16(11-13-17)22-24-18-8-4-5-9-20(18)27(22)21-14-19(25-26-21)15-6-2-1-3-7-15/h1-14H,(H,25,26)/p+1. The molecule has 5 aromatic rings.